The zero-order chi connectivity index (χ0) is 24.0. The van der Waals surface area contributed by atoms with Gasteiger partial charge >= 0.3 is 5.97 Å². The fraction of sp³-hybridized carbons (Fsp3) is 0.143. The number of esters is 1. The summed E-state index contributed by atoms with van der Waals surface area (Å²) in [6.07, 6.45) is 3.68. The van der Waals surface area contributed by atoms with Crippen molar-refractivity contribution >= 4 is 28.7 Å². The summed E-state index contributed by atoms with van der Waals surface area (Å²) in [5.41, 5.74) is 4.32. The number of benzene rings is 3. The number of methoxy groups -OCH3 is 1. The monoisotopic (exact) mass is 453 g/mol. The zero-order valence-corrected chi connectivity index (χ0v) is 19.3. The SMILES string of the molecule is COc1ccc2c(c1)c(/C=C1\Oc3c(ccc(OC(=O)c4cccc(C)c4)c3C)C1=O)cn2C. The van der Waals surface area contributed by atoms with Crippen LogP contribution in [0.15, 0.2) is 66.6 Å². The second kappa shape index (κ2) is 8.23. The van der Waals surface area contributed by atoms with Gasteiger partial charge in [-0.3, -0.25) is 4.79 Å². The van der Waals surface area contributed by atoms with E-state index in [1.54, 1.807) is 44.4 Å². The first kappa shape index (κ1) is 21.5. The smallest absolute Gasteiger partial charge is 0.343 e. The van der Waals surface area contributed by atoms with Gasteiger partial charge in [0.2, 0.25) is 5.78 Å². The number of ketones is 1. The molecule has 2 heterocycles. The highest BCUT2D eigenvalue weighted by atomic mass is 16.5. The molecule has 4 aromatic rings. The van der Waals surface area contributed by atoms with E-state index < -0.39 is 5.97 Å². The number of hydrogen-bond acceptors (Lipinski definition) is 5. The largest absolute Gasteiger partial charge is 0.497 e. The average Bonchev–Trinajstić information content (AvgIpc) is 3.32. The molecule has 1 aliphatic heterocycles. The fourth-order valence-corrected chi connectivity index (χ4v) is 4.19. The molecule has 0 unspecified atom stereocenters. The van der Waals surface area contributed by atoms with Crippen LogP contribution in [0.5, 0.6) is 17.2 Å². The summed E-state index contributed by atoms with van der Waals surface area (Å²) in [5.74, 6) is 1.04. The van der Waals surface area contributed by atoms with Gasteiger partial charge in [-0.15, -0.1) is 0 Å². The maximum Gasteiger partial charge on any atom is 0.343 e. The Morgan fingerprint density at radius 2 is 1.88 bits per heavy atom. The predicted molar refractivity (Wildman–Crippen MR) is 130 cm³/mol. The van der Waals surface area contributed by atoms with Gasteiger partial charge in [0.15, 0.2) is 5.76 Å². The lowest BCUT2D eigenvalue weighted by atomic mass is 10.1. The maximum atomic E-state index is 13.1. The number of fused-ring (bicyclic) bond motifs is 2. The van der Waals surface area contributed by atoms with E-state index in [0.717, 1.165) is 27.8 Å². The molecule has 0 amide bonds. The summed E-state index contributed by atoms with van der Waals surface area (Å²) < 4.78 is 19.0. The molecule has 0 saturated carbocycles. The van der Waals surface area contributed by atoms with Crippen molar-refractivity contribution in [2.75, 3.05) is 7.11 Å². The van der Waals surface area contributed by atoms with E-state index in [-0.39, 0.29) is 11.5 Å². The van der Waals surface area contributed by atoms with Gasteiger partial charge in [0.25, 0.3) is 0 Å². The van der Waals surface area contributed by atoms with Crippen LogP contribution >= 0.6 is 0 Å². The van der Waals surface area contributed by atoms with Crippen molar-refractivity contribution in [3.63, 3.8) is 0 Å². The minimum Gasteiger partial charge on any atom is -0.497 e. The molecule has 0 saturated heterocycles. The lowest BCUT2D eigenvalue weighted by Crippen LogP contribution is -2.09. The molecule has 1 aliphatic rings. The van der Waals surface area contributed by atoms with Gasteiger partial charge in [0.05, 0.1) is 18.2 Å². The third-order valence-electron chi connectivity index (χ3n) is 6.01. The number of carbonyl (C=O) groups excluding carboxylic acids is 2. The normalized spacial score (nSPS) is 13.8. The van der Waals surface area contributed by atoms with Crippen molar-refractivity contribution in [2.45, 2.75) is 13.8 Å². The van der Waals surface area contributed by atoms with Crippen molar-refractivity contribution in [2.24, 2.45) is 7.05 Å². The third kappa shape index (κ3) is 3.63. The van der Waals surface area contributed by atoms with Gasteiger partial charge in [-0.25, -0.2) is 4.79 Å². The number of nitrogens with zero attached hydrogens (tertiary/aromatic N) is 1. The number of aryl methyl sites for hydroxylation is 2. The number of aromatic nitrogens is 1. The second-order valence-corrected chi connectivity index (χ2v) is 8.34. The molecule has 170 valence electrons. The Hall–Kier alpha value is -4.32. The molecule has 1 aromatic heterocycles. The summed E-state index contributed by atoms with van der Waals surface area (Å²) in [6.45, 7) is 3.69. The molecule has 0 fully saturated rings. The van der Waals surface area contributed by atoms with Gasteiger partial charge < -0.3 is 18.8 Å². The van der Waals surface area contributed by atoms with E-state index in [2.05, 4.69) is 0 Å². The minimum atomic E-state index is -0.462. The first-order chi connectivity index (χ1) is 16.4. The van der Waals surface area contributed by atoms with Crippen LogP contribution in [-0.2, 0) is 7.05 Å². The zero-order valence-electron chi connectivity index (χ0n) is 19.3. The quantitative estimate of drug-likeness (QED) is 0.227. The standard InChI is InChI=1S/C28H23NO5/c1-16-6-5-7-18(12-16)28(31)34-24-11-9-21-26(30)25(33-27(21)17(24)2)13-19-15-29(3)23-10-8-20(32-4)14-22(19)23/h5-15H,1-4H3/b25-13-. The Kier molecular flexibility index (Phi) is 5.21. The molecule has 3 aromatic carbocycles. The van der Waals surface area contributed by atoms with E-state index in [9.17, 15) is 9.59 Å². The second-order valence-electron chi connectivity index (χ2n) is 8.34. The molecular formula is C28H23NO5. The third-order valence-corrected chi connectivity index (χ3v) is 6.01. The Morgan fingerprint density at radius 1 is 1.06 bits per heavy atom. The van der Waals surface area contributed by atoms with Crippen LogP contribution in [0.1, 0.15) is 37.4 Å². The van der Waals surface area contributed by atoms with Crippen molar-refractivity contribution in [3.8, 4) is 17.2 Å². The molecule has 0 atom stereocenters. The van der Waals surface area contributed by atoms with E-state index in [1.165, 1.54) is 0 Å². The molecule has 34 heavy (non-hydrogen) atoms. The number of hydrogen-bond donors (Lipinski definition) is 0. The van der Waals surface area contributed by atoms with E-state index >= 15 is 0 Å². The molecule has 0 N–H and O–H groups in total. The van der Waals surface area contributed by atoms with Crippen molar-refractivity contribution < 1.29 is 23.8 Å². The minimum absolute atomic E-state index is 0.213. The van der Waals surface area contributed by atoms with Gasteiger partial charge in [-0.05, 0) is 62.4 Å². The van der Waals surface area contributed by atoms with Crippen molar-refractivity contribution in [1.82, 2.24) is 4.57 Å². The lowest BCUT2D eigenvalue weighted by molar-refractivity contribution is 0.0733. The molecule has 5 rings (SSSR count). The van der Waals surface area contributed by atoms with Crippen molar-refractivity contribution in [1.29, 1.82) is 0 Å². The highest BCUT2D eigenvalue weighted by molar-refractivity contribution is 6.15. The van der Waals surface area contributed by atoms with Crippen molar-refractivity contribution in [3.05, 3.63) is 94.4 Å². The Balaban J connectivity index is 1.47. The first-order valence-electron chi connectivity index (χ1n) is 10.9. The number of rotatable bonds is 4. The number of Topliss-reactive ketones (excluding diaryl/α,β-unsaturated/α-hetero) is 1. The number of carbonyl (C=O) groups is 2. The molecule has 6 heteroatoms. The van der Waals surface area contributed by atoms with Crippen LogP contribution in [-0.4, -0.2) is 23.4 Å². The lowest BCUT2D eigenvalue weighted by Gasteiger charge is -2.10. The molecule has 0 spiro atoms. The summed E-state index contributed by atoms with van der Waals surface area (Å²) in [6, 6.07) is 16.3. The Morgan fingerprint density at radius 3 is 2.65 bits per heavy atom. The average molecular weight is 453 g/mol. The van der Waals surface area contributed by atoms with Crippen LogP contribution < -0.4 is 14.2 Å². The van der Waals surface area contributed by atoms with Gasteiger partial charge in [-0.1, -0.05) is 17.7 Å². The van der Waals surface area contributed by atoms with Crippen LogP contribution in [0, 0.1) is 13.8 Å². The topological polar surface area (TPSA) is 66.8 Å². The molecule has 0 bridgehead atoms. The molecule has 0 aliphatic carbocycles. The molecule has 0 radical (unpaired) electrons. The van der Waals surface area contributed by atoms with Crippen LogP contribution in [0.3, 0.4) is 0 Å². The summed E-state index contributed by atoms with van der Waals surface area (Å²) in [7, 11) is 3.57. The predicted octanol–water partition coefficient (Wildman–Crippen LogP) is 5.64. The number of allylic oxidation sites excluding steroid dienone is 1. The fourth-order valence-electron chi connectivity index (χ4n) is 4.19. The summed E-state index contributed by atoms with van der Waals surface area (Å²) >= 11 is 0. The Labute approximate surface area is 197 Å². The van der Waals surface area contributed by atoms with Gasteiger partial charge in [0.1, 0.15) is 17.2 Å². The Bertz CT molecular complexity index is 1510. The highest BCUT2D eigenvalue weighted by Gasteiger charge is 2.31. The summed E-state index contributed by atoms with van der Waals surface area (Å²) in [5, 5.41) is 0.950. The number of ether oxygens (including phenoxy) is 3. The van der Waals surface area contributed by atoms with Crippen LogP contribution in [0.2, 0.25) is 0 Å². The van der Waals surface area contributed by atoms with Crippen LogP contribution in [0.25, 0.3) is 17.0 Å². The van der Waals surface area contributed by atoms with E-state index in [1.807, 2.05) is 55.1 Å². The molecular weight excluding hydrogens is 430 g/mol. The van der Waals surface area contributed by atoms with E-state index in [0.29, 0.717) is 28.2 Å². The first-order valence-corrected chi connectivity index (χ1v) is 10.9. The van der Waals surface area contributed by atoms with Gasteiger partial charge in [-0.2, -0.15) is 0 Å². The molecule has 6 nitrogen and oxygen atoms in total. The van der Waals surface area contributed by atoms with Gasteiger partial charge in [0, 0.05) is 35.3 Å². The highest BCUT2D eigenvalue weighted by Crippen LogP contribution is 2.40. The maximum absolute atomic E-state index is 13.1. The van der Waals surface area contributed by atoms with Crippen LogP contribution in [0.4, 0.5) is 0 Å². The summed E-state index contributed by atoms with van der Waals surface area (Å²) in [4.78, 5) is 25.7. The van der Waals surface area contributed by atoms with E-state index in [4.69, 9.17) is 14.2 Å².